The Morgan fingerprint density at radius 3 is 1.08 bits per heavy atom. The van der Waals surface area contributed by atoms with E-state index in [4.69, 9.17) is 0 Å². The molecule has 0 saturated carbocycles. The largest absolute Gasteiger partial charge is 2.00 e. The first-order chi connectivity index (χ1) is 15.7. The smallest absolute Gasteiger partial charge is 1.00 e. The molecule has 0 N–H and O–H groups in total. The van der Waals surface area contributed by atoms with Gasteiger partial charge in [-0.05, 0) is 0 Å². The Morgan fingerprint density at radius 1 is 0.500 bits per heavy atom. The molecule has 4 radical (unpaired) electrons. The summed E-state index contributed by atoms with van der Waals surface area (Å²) in [5.74, 6) is 0. The molecule has 36 heavy (non-hydrogen) atoms. The number of fused-ring (bicyclic) bond motifs is 2. The second kappa shape index (κ2) is 20.9. The van der Waals surface area contributed by atoms with E-state index in [1.54, 1.807) is 0 Å². The van der Waals surface area contributed by atoms with Gasteiger partial charge in [-0.2, -0.15) is 84.9 Å². The predicted octanol–water partition coefficient (Wildman–Crippen LogP) is 2.33. The number of benzene rings is 4. The first kappa shape index (κ1) is 35.9. The van der Waals surface area contributed by atoms with Crippen LogP contribution in [0.15, 0.2) is 133 Å². The van der Waals surface area contributed by atoms with Crippen LogP contribution in [0.1, 0.15) is 11.1 Å². The average Bonchev–Trinajstić information content (AvgIpc) is 3.43. The van der Waals surface area contributed by atoms with Gasteiger partial charge in [0.2, 0.25) is 0 Å². The van der Waals surface area contributed by atoms with Gasteiger partial charge in [-0.1, -0.05) is 26.0 Å². The van der Waals surface area contributed by atoms with Crippen LogP contribution in [0, 0.1) is 26.0 Å². The maximum Gasteiger partial charge on any atom is 2.00 e. The van der Waals surface area contributed by atoms with Gasteiger partial charge in [0.1, 0.15) is 0 Å². The fourth-order valence-electron chi connectivity index (χ4n) is 3.30. The van der Waals surface area contributed by atoms with Gasteiger partial charge in [-0.25, -0.2) is 0 Å². The van der Waals surface area contributed by atoms with E-state index in [1.807, 2.05) is 60.7 Å². The molecule has 0 bridgehead atoms. The molecule has 0 aromatic heterocycles. The van der Waals surface area contributed by atoms with E-state index in [2.05, 4.69) is 98.8 Å². The topological polar surface area (TPSA) is 0 Å². The van der Waals surface area contributed by atoms with Crippen LogP contribution in [0.2, 0.25) is 0 Å². The molecule has 0 heterocycles. The van der Waals surface area contributed by atoms with E-state index in [0.29, 0.717) is 0 Å². The summed E-state index contributed by atoms with van der Waals surface area (Å²) >= 11 is 0. The Hall–Kier alpha value is -2.22. The third-order valence-corrected chi connectivity index (χ3v) is 4.74. The van der Waals surface area contributed by atoms with Crippen LogP contribution in [-0.2, 0) is 26.2 Å². The van der Waals surface area contributed by atoms with E-state index in [-0.39, 0.29) is 62.0 Å². The molecular weight excluding hydrogens is 575 g/mol. The fraction of sp³-hybridized carbons (Fsp3) is 0.0625. The summed E-state index contributed by atoms with van der Waals surface area (Å²) in [5.41, 5.74) is 2.70. The molecule has 182 valence electrons. The maximum absolute atomic E-state index is 2.89. The van der Waals surface area contributed by atoms with Crippen molar-refractivity contribution in [1.82, 2.24) is 0 Å². The van der Waals surface area contributed by atoms with Crippen LogP contribution in [-0.4, -0.2) is 11.0 Å². The summed E-state index contributed by atoms with van der Waals surface area (Å²) in [7, 11) is 0. The van der Waals surface area contributed by atoms with Gasteiger partial charge in [-0.15, -0.1) is 81.2 Å². The summed E-state index contributed by atoms with van der Waals surface area (Å²) in [6.07, 6.45) is 0. The van der Waals surface area contributed by atoms with E-state index in [1.165, 1.54) is 32.7 Å². The molecule has 0 aliphatic rings. The summed E-state index contributed by atoms with van der Waals surface area (Å²) in [4.78, 5) is 0. The molecule has 0 nitrogen and oxygen atoms in total. The number of halogens is 2. The normalized spacial score (nSPS) is 8.50. The van der Waals surface area contributed by atoms with Crippen LogP contribution in [0.5, 0.6) is 0 Å². The van der Waals surface area contributed by atoms with Gasteiger partial charge >= 0.3 is 26.2 Å². The van der Waals surface area contributed by atoms with Crippen molar-refractivity contribution in [3.8, 4) is 0 Å². The third kappa shape index (κ3) is 13.2. The van der Waals surface area contributed by atoms with Crippen molar-refractivity contribution in [3.05, 3.63) is 157 Å². The summed E-state index contributed by atoms with van der Waals surface area (Å²) in [6, 6.07) is 50.7. The minimum Gasteiger partial charge on any atom is -1.00 e. The molecule has 6 aromatic carbocycles. The minimum absolute atomic E-state index is 0. The van der Waals surface area contributed by atoms with Gasteiger partial charge in [0.05, 0.1) is 0 Å². The maximum atomic E-state index is 2.89. The van der Waals surface area contributed by atoms with Crippen molar-refractivity contribution in [1.29, 1.82) is 0 Å². The molecule has 4 heteroatoms. The van der Waals surface area contributed by atoms with Gasteiger partial charge in [-0.3, -0.25) is 0 Å². The van der Waals surface area contributed by atoms with Gasteiger partial charge < -0.3 is 24.8 Å². The number of aryl methyl sites for hydroxylation is 2. The quantitative estimate of drug-likeness (QED) is 0.185. The summed E-state index contributed by atoms with van der Waals surface area (Å²) in [6.45, 7) is 4.25. The molecule has 0 saturated heterocycles. The van der Waals surface area contributed by atoms with E-state index in [9.17, 15) is 0 Å². The first-order valence-corrected chi connectivity index (χ1v) is 10.8. The van der Waals surface area contributed by atoms with Crippen LogP contribution < -0.4 is 24.8 Å². The molecule has 0 aliphatic heterocycles. The molecule has 0 unspecified atom stereocenters. The van der Waals surface area contributed by atoms with Gasteiger partial charge in [0.15, 0.2) is 0 Å². The number of hydrogen-bond donors (Lipinski definition) is 0. The van der Waals surface area contributed by atoms with Gasteiger partial charge in [0.25, 0.3) is 0 Å². The monoisotopic (exact) mass is 600 g/mol. The van der Waals surface area contributed by atoms with Crippen LogP contribution >= 0.6 is 0 Å². The summed E-state index contributed by atoms with van der Waals surface area (Å²) < 4.78 is 0. The van der Waals surface area contributed by atoms with Crippen molar-refractivity contribution in [2.45, 2.75) is 13.8 Å². The SMILES string of the molecule is Cc1cc2ccccc2[cH-]1.Cc1cc2ccccc2[cH-]1.[Cl-].[Cl-].[Si].[Zr+2].[c-]1ccccc1.[c-]1ccccc1. The Balaban J connectivity index is 0. The van der Waals surface area contributed by atoms with Crippen LogP contribution in [0.4, 0.5) is 0 Å². The molecule has 0 fully saturated rings. The van der Waals surface area contributed by atoms with Crippen molar-refractivity contribution in [2.24, 2.45) is 0 Å². The third-order valence-electron chi connectivity index (χ3n) is 4.74. The van der Waals surface area contributed by atoms with Crippen molar-refractivity contribution in [2.75, 3.05) is 0 Å². The number of hydrogen-bond acceptors (Lipinski definition) is 0. The van der Waals surface area contributed by atoms with Gasteiger partial charge in [0, 0.05) is 11.0 Å². The van der Waals surface area contributed by atoms with Crippen molar-refractivity contribution >= 4 is 32.5 Å². The standard InChI is InChI=1S/2C10H9.2C6H5.2ClH.Si.Zr/c2*1-8-6-9-4-2-3-5-10(9)7-8;2*1-2-4-6-5-3-1;;;;/h2*2-7H,1H3;2*1-5H;2*1H;;/q4*-1;;;;+2/p-2. The zero-order valence-corrected chi connectivity index (χ0v) is 25.4. The predicted molar refractivity (Wildman–Crippen MR) is 145 cm³/mol. The second-order valence-corrected chi connectivity index (χ2v) is 7.48. The molecule has 0 spiro atoms. The Bertz CT molecular complexity index is 1070. The van der Waals surface area contributed by atoms with E-state index in [0.717, 1.165) is 0 Å². The first-order valence-electron chi connectivity index (χ1n) is 10.8. The van der Waals surface area contributed by atoms with E-state index < -0.39 is 0 Å². The van der Waals surface area contributed by atoms with Crippen LogP contribution in [0.25, 0.3) is 21.5 Å². The summed E-state index contributed by atoms with van der Waals surface area (Å²) in [5, 5.41) is 5.39. The Morgan fingerprint density at radius 2 is 0.833 bits per heavy atom. The average molecular weight is 603 g/mol. The van der Waals surface area contributed by atoms with Crippen LogP contribution in [0.3, 0.4) is 0 Å². The molecular formula is C32H28Cl2SiZr-4. The minimum atomic E-state index is 0. The molecule has 0 atom stereocenters. The van der Waals surface area contributed by atoms with Crippen molar-refractivity contribution < 1.29 is 51.0 Å². The zero-order valence-electron chi connectivity index (χ0n) is 20.5. The second-order valence-electron chi connectivity index (χ2n) is 7.48. The number of rotatable bonds is 0. The molecule has 0 amide bonds. The molecule has 0 aliphatic carbocycles. The molecule has 6 rings (SSSR count). The fourth-order valence-corrected chi connectivity index (χ4v) is 3.30. The zero-order chi connectivity index (χ0) is 22.4. The van der Waals surface area contributed by atoms with Crippen molar-refractivity contribution in [3.63, 3.8) is 0 Å². The Labute approximate surface area is 252 Å². The Kier molecular flexibility index (Phi) is 20.9. The van der Waals surface area contributed by atoms with E-state index >= 15 is 0 Å². The molecule has 6 aromatic rings.